The van der Waals surface area contributed by atoms with E-state index in [2.05, 4.69) is 5.32 Å². The molecule has 0 aromatic rings. The predicted molar refractivity (Wildman–Crippen MR) is 61.4 cm³/mol. The molecule has 2 heterocycles. The summed E-state index contributed by atoms with van der Waals surface area (Å²) in [6.45, 7) is 1.72. The van der Waals surface area contributed by atoms with E-state index in [1.54, 1.807) is 4.90 Å². The maximum absolute atomic E-state index is 11.7. The number of amides is 1. The van der Waals surface area contributed by atoms with E-state index >= 15 is 0 Å². The molecule has 1 unspecified atom stereocenters. The fraction of sp³-hybridized carbons (Fsp3) is 0.800. The minimum atomic E-state index is -0.796. The van der Waals surface area contributed by atoms with Gasteiger partial charge in [0.2, 0.25) is 5.91 Å². The molecule has 0 aromatic carbocycles. The largest absolute Gasteiger partial charge is 0.481 e. The third-order valence-corrected chi connectivity index (χ3v) is 4.13. The lowest BCUT2D eigenvalue weighted by Gasteiger charge is -2.37. The smallest absolute Gasteiger partial charge is 0.310 e. The lowest BCUT2D eigenvalue weighted by atomic mass is 9.99. The van der Waals surface area contributed by atoms with Gasteiger partial charge < -0.3 is 15.3 Å². The van der Waals surface area contributed by atoms with Crippen LogP contribution in [-0.2, 0) is 9.59 Å². The molecule has 1 amide bonds. The molecule has 0 saturated carbocycles. The van der Waals surface area contributed by atoms with Gasteiger partial charge in [0.15, 0.2) is 0 Å². The zero-order valence-corrected chi connectivity index (χ0v) is 9.83. The van der Waals surface area contributed by atoms with Gasteiger partial charge >= 0.3 is 5.97 Å². The van der Waals surface area contributed by atoms with Crippen molar-refractivity contribution >= 4 is 23.6 Å². The van der Waals surface area contributed by atoms with Gasteiger partial charge in [-0.15, -0.1) is 0 Å². The maximum atomic E-state index is 11.7. The summed E-state index contributed by atoms with van der Waals surface area (Å²) in [4.78, 5) is 24.0. The molecule has 2 N–H and O–H groups in total. The van der Waals surface area contributed by atoms with Crippen molar-refractivity contribution in [2.45, 2.75) is 12.5 Å². The number of thioether (sulfide) groups is 1. The average molecular weight is 244 g/mol. The highest BCUT2D eigenvalue weighted by Crippen LogP contribution is 2.18. The number of carbonyl (C=O) groups is 2. The SMILES string of the molecule is O=C(O)C1CN(C(=O)CC2CSCCN2)C1. The normalized spacial score (nSPS) is 26.2. The van der Waals surface area contributed by atoms with Crippen LogP contribution in [0.4, 0.5) is 0 Å². The highest BCUT2D eigenvalue weighted by atomic mass is 32.2. The summed E-state index contributed by atoms with van der Waals surface area (Å²) in [7, 11) is 0. The average Bonchev–Trinajstić information content (AvgIpc) is 2.15. The third-order valence-electron chi connectivity index (χ3n) is 3.00. The number of carboxylic acid groups (broad SMARTS) is 1. The molecule has 5 nitrogen and oxygen atoms in total. The van der Waals surface area contributed by atoms with Gasteiger partial charge in [0.05, 0.1) is 5.92 Å². The Morgan fingerprint density at radius 3 is 2.75 bits per heavy atom. The van der Waals surface area contributed by atoms with Crippen LogP contribution in [0.1, 0.15) is 6.42 Å². The molecule has 90 valence electrons. The Labute approximate surface area is 98.6 Å². The van der Waals surface area contributed by atoms with E-state index in [9.17, 15) is 9.59 Å². The van der Waals surface area contributed by atoms with Gasteiger partial charge in [-0.2, -0.15) is 11.8 Å². The third kappa shape index (κ3) is 2.68. The Kier molecular flexibility index (Phi) is 3.70. The van der Waals surface area contributed by atoms with Gasteiger partial charge in [0.1, 0.15) is 0 Å². The summed E-state index contributed by atoms with van der Waals surface area (Å²) in [6, 6.07) is 0.259. The molecule has 2 aliphatic rings. The molecule has 16 heavy (non-hydrogen) atoms. The first-order valence-electron chi connectivity index (χ1n) is 5.48. The van der Waals surface area contributed by atoms with Gasteiger partial charge in [0.25, 0.3) is 0 Å². The molecule has 0 spiro atoms. The Balaban J connectivity index is 1.71. The minimum absolute atomic E-state index is 0.0810. The summed E-state index contributed by atoms with van der Waals surface area (Å²) in [5.41, 5.74) is 0. The van der Waals surface area contributed by atoms with E-state index in [1.165, 1.54) is 0 Å². The Hall–Kier alpha value is -0.750. The molecule has 2 fully saturated rings. The first kappa shape index (κ1) is 11.7. The molecule has 2 aliphatic heterocycles. The first-order valence-corrected chi connectivity index (χ1v) is 6.64. The number of carboxylic acids is 1. The fourth-order valence-corrected chi connectivity index (χ4v) is 2.88. The summed E-state index contributed by atoms with van der Waals surface area (Å²) in [6.07, 6.45) is 0.499. The lowest BCUT2D eigenvalue weighted by molar-refractivity contribution is -0.152. The summed E-state index contributed by atoms with van der Waals surface area (Å²) in [5, 5.41) is 12.0. The van der Waals surface area contributed by atoms with E-state index < -0.39 is 5.97 Å². The van der Waals surface area contributed by atoms with Crippen molar-refractivity contribution < 1.29 is 14.7 Å². The van der Waals surface area contributed by atoms with E-state index in [0.717, 1.165) is 18.1 Å². The van der Waals surface area contributed by atoms with Crippen LogP contribution in [0.2, 0.25) is 0 Å². The molecule has 0 aliphatic carbocycles. The highest BCUT2D eigenvalue weighted by Gasteiger charge is 2.36. The zero-order valence-electron chi connectivity index (χ0n) is 9.02. The van der Waals surface area contributed by atoms with Crippen LogP contribution in [0.5, 0.6) is 0 Å². The summed E-state index contributed by atoms with van der Waals surface area (Å²) in [5.74, 6) is 1.02. The molecule has 0 aromatic heterocycles. The molecule has 1 atom stereocenters. The van der Waals surface area contributed by atoms with Crippen molar-refractivity contribution in [3.63, 3.8) is 0 Å². The number of hydrogen-bond acceptors (Lipinski definition) is 4. The molecule has 0 bridgehead atoms. The van der Waals surface area contributed by atoms with Crippen LogP contribution in [-0.4, -0.2) is 59.1 Å². The lowest BCUT2D eigenvalue weighted by Crippen LogP contribution is -2.54. The quantitative estimate of drug-likeness (QED) is 0.708. The van der Waals surface area contributed by atoms with Gasteiger partial charge in [0, 0.05) is 43.6 Å². The molecule has 6 heteroatoms. The second-order valence-corrected chi connectivity index (χ2v) is 5.41. The molecular weight excluding hydrogens is 228 g/mol. The van der Waals surface area contributed by atoms with Crippen LogP contribution in [0.15, 0.2) is 0 Å². The topological polar surface area (TPSA) is 69.6 Å². The van der Waals surface area contributed by atoms with Crippen LogP contribution >= 0.6 is 11.8 Å². The summed E-state index contributed by atoms with van der Waals surface area (Å²) < 4.78 is 0. The van der Waals surface area contributed by atoms with E-state index in [1.807, 2.05) is 11.8 Å². The van der Waals surface area contributed by atoms with Crippen molar-refractivity contribution in [1.82, 2.24) is 10.2 Å². The number of nitrogens with one attached hydrogen (secondary N) is 1. The number of carbonyl (C=O) groups excluding carboxylic acids is 1. The molecular formula is C10H16N2O3S. The number of hydrogen-bond donors (Lipinski definition) is 2. The van der Waals surface area contributed by atoms with E-state index in [-0.39, 0.29) is 17.9 Å². The van der Waals surface area contributed by atoms with Crippen LogP contribution in [0.3, 0.4) is 0 Å². The second kappa shape index (κ2) is 5.05. The van der Waals surface area contributed by atoms with E-state index in [4.69, 9.17) is 5.11 Å². The first-order chi connectivity index (χ1) is 7.66. The van der Waals surface area contributed by atoms with Gasteiger partial charge in [-0.3, -0.25) is 9.59 Å². The number of aliphatic carboxylic acids is 1. The van der Waals surface area contributed by atoms with E-state index in [0.29, 0.717) is 19.5 Å². The van der Waals surface area contributed by atoms with Crippen molar-refractivity contribution in [1.29, 1.82) is 0 Å². The Bertz CT molecular complexity index is 286. The standard InChI is InChI=1S/C10H16N2O3S/c13-9(3-8-6-16-2-1-11-8)12-4-7(5-12)10(14)15/h7-8,11H,1-6H2,(H,14,15). The van der Waals surface area contributed by atoms with Gasteiger partial charge in [-0.1, -0.05) is 0 Å². The molecule has 0 radical (unpaired) electrons. The summed E-state index contributed by atoms with van der Waals surface area (Å²) >= 11 is 1.86. The number of nitrogens with zero attached hydrogens (tertiary/aromatic N) is 1. The van der Waals surface area contributed by atoms with Crippen molar-refractivity contribution in [3.05, 3.63) is 0 Å². The maximum Gasteiger partial charge on any atom is 0.310 e. The van der Waals surface area contributed by atoms with Crippen LogP contribution in [0, 0.1) is 5.92 Å². The highest BCUT2D eigenvalue weighted by molar-refractivity contribution is 7.99. The molecule has 2 saturated heterocycles. The number of likely N-dealkylation sites (tertiary alicyclic amines) is 1. The fourth-order valence-electron chi connectivity index (χ4n) is 1.93. The number of rotatable bonds is 3. The zero-order chi connectivity index (χ0) is 11.5. The van der Waals surface area contributed by atoms with Gasteiger partial charge in [-0.05, 0) is 0 Å². The Morgan fingerprint density at radius 2 is 2.19 bits per heavy atom. The van der Waals surface area contributed by atoms with Crippen molar-refractivity contribution in [2.75, 3.05) is 31.1 Å². The monoisotopic (exact) mass is 244 g/mol. The van der Waals surface area contributed by atoms with Crippen LogP contribution < -0.4 is 5.32 Å². The molecule has 2 rings (SSSR count). The van der Waals surface area contributed by atoms with Crippen molar-refractivity contribution in [3.8, 4) is 0 Å². The predicted octanol–water partition coefficient (Wildman–Crippen LogP) is -0.375. The minimum Gasteiger partial charge on any atom is -0.481 e. The second-order valence-electron chi connectivity index (χ2n) is 4.26. The van der Waals surface area contributed by atoms with Gasteiger partial charge in [-0.25, -0.2) is 0 Å². The van der Waals surface area contributed by atoms with Crippen molar-refractivity contribution in [2.24, 2.45) is 5.92 Å². The van der Waals surface area contributed by atoms with Crippen LogP contribution in [0.25, 0.3) is 0 Å². The Morgan fingerprint density at radius 1 is 1.44 bits per heavy atom.